The SMILES string of the molecule is C[C@@H]1CN(c2nc(=O)n3c4c(c(Cl)c(C(F)(F)F)cc24)SC[C@H](c2cncc(F)c2)C3)C[C@H](C)N1C(=O)O. The van der Waals surface area contributed by atoms with Gasteiger partial charge in [0.2, 0.25) is 0 Å². The number of nitrogens with zero attached hydrogens (tertiary/aromatic N) is 5. The molecule has 1 fully saturated rings. The zero-order valence-electron chi connectivity index (χ0n) is 20.2. The highest BCUT2D eigenvalue weighted by molar-refractivity contribution is 7.99. The Morgan fingerprint density at radius 2 is 1.84 bits per heavy atom. The number of aromatic nitrogens is 3. The summed E-state index contributed by atoms with van der Waals surface area (Å²) in [5.41, 5.74) is -1.04. The summed E-state index contributed by atoms with van der Waals surface area (Å²) in [7, 11) is 0. The van der Waals surface area contributed by atoms with Gasteiger partial charge in [-0.2, -0.15) is 18.2 Å². The number of pyridine rings is 1. The maximum atomic E-state index is 14.1. The van der Waals surface area contributed by atoms with E-state index >= 15 is 0 Å². The molecular formula is C24H22ClF4N5O3S. The first kappa shape index (κ1) is 26.5. The van der Waals surface area contributed by atoms with Crippen LogP contribution in [0, 0.1) is 5.82 Å². The van der Waals surface area contributed by atoms with E-state index in [0.717, 1.165) is 24.0 Å². The Balaban J connectivity index is 1.72. The third-order valence-corrected chi connectivity index (χ3v) is 8.67. The number of hydrogen-bond acceptors (Lipinski definition) is 6. The summed E-state index contributed by atoms with van der Waals surface area (Å²) in [5.74, 6) is -0.752. The molecule has 0 saturated carbocycles. The van der Waals surface area contributed by atoms with Crippen LogP contribution in [0.25, 0.3) is 10.9 Å². The summed E-state index contributed by atoms with van der Waals surface area (Å²) >= 11 is 7.39. The van der Waals surface area contributed by atoms with E-state index in [-0.39, 0.29) is 47.0 Å². The summed E-state index contributed by atoms with van der Waals surface area (Å²) < 4.78 is 57.5. The van der Waals surface area contributed by atoms with Crippen LogP contribution in [0.3, 0.4) is 0 Å². The van der Waals surface area contributed by atoms with E-state index in [1.165, 1.54) is 21.7 Å². The molecule has 0 unspecified atom stereocenters. The molecule has 0 radical (unpaired) electrons. The summed E-state index contributed by atoms with van der Waals surface area (Å²) in [6.45, 7) is 3.67. The minimum atomic E-state index is -4.78. The number of thioether (sulfide) groups is 1. The number of hydrogen-bond donors (Lipinski definition) is 1. The highest BCUT2D eigenvalue weighted by Crippen LogP contribution is 2.47. The van der Waals surface area contributed by atoms with Crippen molar-refractivity contribution in [3.05, 3.63) is 57.0 Å². The summed E-state index contributed by atoms with van der Waals surface area (Å²) in [6, 6.07) is 1.19. The quantitative estimate of drug-likeness (QED) is 0.430. The fraction of sp³-hybridized carbons (Fsp3) is 0.417. The summed E-state index contributed by atoms with van der Waals surface area (Å²) in [6.07, 6.45) is -3.38. The molecule has 2 aliphatic heterocycles. The van der Waals surface area contributed by atoms with Crippen LogP contribution in [-0.2, 0) is 12.7 Å². The Kier molecular flexibility index (Phi) is 6.70. The maximum Gasteiger partial charge on any atom is 0.417 e. The van der Waals surface area contributed by atoms with Crippen LogP contribution >= 0.6 is 23.4 Å². The van der Waals surface area contributed by atoms with Crippen LogP contribution in [-0.4, -0.2) is 61.6 Å². The van der Waals surface area contributed by atoms with Gasteiger partial charge >= 0.3 is 18.0 Å². The van der Waals surface area contributed by atoms with Crippen LogP contribution in [0.15, 0.2) is 34.2 Å². The molecule has 3 aromatic rings. The maximum absolute atomic E-state index is 14.1. The van der Waals surface area contributed by atoms with Crippen LogP contribution in [0.4, 0.5) is 28.2 Å². The van der Waals surface area contributed by atoms with Gasteiger partial charge in [0.1, 0.15) is 11.6 Å². The molecule has 2 aromatic heterocycles. The normalized spacial score (nSPS) is 22.0. The highest BCUT2D eigenvalue weighted by Gasteiger charge is 2.39. The van der Waals surface area contributed by atoms with Gasteiger partial charge in [-0.25, -0.2) is 14.0 Å². The van der Waals surface area contributed by atoms with Crippen molar-refractivity contribution >= 4 is 46.2 Å². The van der Waals surface area contributed by atoms with E-state index in [9.17, 15) is 32.3 Å². The lowest BCUT2D eigenvalue weighted by Gasteiger charge is -2.43. The molecule has 4 heterocycles. The number of alkyl halides is 3. The molecule has 0 spiro atoms. The van der Waals surface area contributed by atoms with Crippen molar-refractivity contribution in [3.63, 3.8) is 0 Å². The largest absolute Gasteiger partial charge is 0.465 e. The monoisotopic (exact) mass is 571 g/mol. The predicted molar refractivity (Wildman–Crippen MR) is 135 cm³/mol. The zero-order valence-corrected chi connectivity index (χ0v) is 21.7. The Bertz CT molecular complexity index is 1490. The molecule has 14 heteroatoms. The number of amides is 1. The highest BCUT2D eigenvalue weighted by atomic mass is 35.5. The average Bonchev–Trinajstić information content (AvgIpc) is 3.03. The predicted octanol–water partition coefficient (Wildman–Crippen LogP) is 5.07. The number of carbonyl (C=O) groups is 1. The van der Waals surface area contributed by atoms with Gasteiger partial charge in [-0.1, -0.05) is 11.6 Å². The average molecular weight is 572 g/mol. The number of piperazine rings is 1. The topological polar surface area (TPSA) is 91.6 Å². The van der Waals surface area contributed by atoms with Crippen molar-refractivity contribution in [1.29, 1.82) is 0 Å². The Labute approximate surface area is 223 Å². The van der Waals surface area contributed by atoms with Gasteiger partial charge in [0.05, 0.1) is 39.3 Å². The third kappa shape index (κ3) is 4.55. The van der Waals surface area contributed by atoms with Gasteiger partial charge in [0.25, 0.3) is 0 Å². The lowest BCUT2D eigenvalue weighted by Crippen LogP contribution is -2.58. The zero-order chi connectivity index (χ0) is 27.5. The number of rotatable bonds is 2. The second-order valence-corrected chi connectivity index (χ2v) is 10.9. The molecule has 38 heavy (non-hydrogen) atoms. The van der Waals surface area contributed by atoms with E-state index in [0.29, 0.717) is 5.56 Å². The van der Waals surface area contributed by atoms with Gasteiger partial charge in [-0.15, -0.1) is 11.8 Å². The van der Waals surface area contributed by atoms with Crippen LogP contribution < -0.4 is 10.6 Å². The van der Waals surface area contributed by atoms with Crippen molar-refractivity contribution in [2.45, 2.75) is 49.5 Å². The second-order valence-electron chi connectivity index (χ2n) is 9.53. The minimum absolute atomic E-state index is 0.0367. The minimum Gasteiger partial charge on any atom is -0.465 e. The summed E-state index contributed by atoms with van der Waals surface area (Å²) in [5, 5.41) is 9.13. The van der Waals surface area contributed by atoms with E-state index in [1.807, 2.05) is 0 Å². The van der Waals surface area contributed by atoms with Gasteiger partial charge in [-0.3, -0.25) is 14.5 Å². The van der Waals surface area contributed by atoms with Gasteiger partial charge in [0, 0.05) is 42.9 Å². The fourth-order valence-electron chi connectivity index (χ4n) is 5.30. The molecule has 5 rings (SSSR count). The number of halogens is 5. The van der Waals surface area contributed by atoms with Crippen LogP contribution in [0.1, 0.15) is 30.9 Å². The van der Waals surface area contributed by atoms with Crippen molar-refractivity contribution in [2.24, 2.45) is 0 Å². The molecule has 1 aromatic carbocycles. The van der Waals surface area contributed by atoms with Gasteiger partial charge in [0.15, 0.2) is 0 Å². The van der Waals surface area contributed by atoms with Crippen molar-refractivity contribution in [3.8, 4) is 0 Å². The number of benzene rings is 1. The Morgan fingerprint density at radius 1 is 1.16 bits per heavy atom. The molecule has 8 nitrogen and oxygen atoms in total. The Hall–Kier alpha value is -3.06. The lowest BCUT2D eigenvalue weighted by molar-refractivity contribution is -0.137. The standard InChI is InChI=1S/C24H22ClF4N5O3S/c1-11-7-32(8-12(2)34(11)23(36)37)21-16-4-17(24(27,28)29)18(25)20-19(16)33(22(35)31-21)9-14(10-38-20)13-3-15(26)6-30-5-13/h3-6,11-12,14H,7-10H2,1-2H3,(H,36,37)/t11-,12+,14-/m1/s1. The first-order chi connectivity index (χ1) is 17.9. The first-order valence-electron chi connectivity index (χ1n) is 11.7. The molecular weight excluding hydrogens is 550 g/mol. The van der Waals surface area contributed by atoms with E-state index < -0.39 is 52.4 Å². The lowest BCUT2D eigenvalue weighted by atomic mass is 10.0. The molecule has 2 aliphatic rings. The smallest absolute Gasteiger partial charge is 0.417 e. The molecule has 1 amide bonds. The number of carboxylic acid groups (broad SMARTS) is 1. The van der Waals surface area contributed by atoms with Crippen LogP contribution in [0.5, 0.6) is 0 Å². The van der Waals surface area contributed by atoms with Gasteiger partial charge < -0.3 is 10.0 Å². The first-order valence-corrected chi connectivity index (χ1v) is 13.1. The number of anilines is 1. The van der Waals surface area contributed by atoms with E-state index in [1.54, 1.807) is 18.7 Å². The molecule has 1 saturated heterocycles. The Morgan fingerprint density at radius 3 is 2.45 bits per heavy atom. The van der Waals surface area contributed by atoms with E-state index in [4.69, 9.17) is 11.6 Å². The molecule has 0 aliphatic carbocycles. The summed E-state index contributed by atoms with van der Waals surface area (Å²) in [4.78, 5) is 36.2. The van der Waals surface area contributed by atoms with Crippen LogP contribution in [0.2, 0.25) is 5.02 Å². The van der Waals surface area contributed by atoms with Gasteiger partial charge in [-0.05, 0) is 31.5 Å². The van der Waals surface area contributed by atoms with Crippen molar-refractivity contribution < 1.29 is 27.5 Å². The molecule has 202 valence electrons. The van der Waals surface area contributed by atoms with E-state index in [2.05, 4.69) is 9.97 Å². The fourth-order valence-corrected chi connectivity index (χ4v) is 6.98. The van der Waals surface area contributed by atoms with Crippen molar-refractivity contribution in [2.75, 3.05) is 23.7 Å². The molecule has 3 atom stereocenters. The molecule has 0 bridgehead atoms. The third-order valence-electron chi connectivity index (χ3n) is 6.91. The second kappa shape index (κ2) is 9.60. The van der Waals surface area contributed by atoms with Crippen molar-refractivity contribution in [1.82, 2.24) is 19.4 Å². The molecule has 1 N–H and O–H groups in total.